The number of anilines is 1. The van der Waals surface area contributed by atoms with E-state index in [-0.39, 0.29) is 6.54 Å². The molecule has 1 aromatic carbocycles. The SMILES string of the molecule is C[C@@H](O)CNC(=O)C(=O)Nc1c2c(nn1-c1ccccc1)CSC2. The Labute approximate surface area is 143 Å². The standard InChI is InChI=1S/C16H18N4O3S/c1-10(21)7-17-15(22)16(23)18-14-12-8-24-9-13(12)19-20(14)11-5-3-2-4-6-11/h2-6,10,21H,7-9H2,1H3,(H,17,22)(H,18,23)/t10-/m1/s1. The van der Waals surface area contributed by atoms with E-state index in [2.05, 4.69) is 15.7 Å². The number of carbonyl (C=O) groups excluding carboxylic acids is 2. The van der Waals surface area contributed by atoms with Crippen LogP contribution >= 0.6 is 11.8 Å². The topological polar surface area (TPSA) is 96.2 Å². The second-order valence-corrected chi connectivity index (χ2v) is 6.51. The summed E-state index contributed by atoms with van der Waals surface area (Å²) in [5.41, 5.74) is 2.68. The van der Waals surface area contributed by atoms with Crippen LogP contribution in [-0.2, 0) is 21.1 Å². The van der Waals surface area contributed by atoms with Crippen molar-refractivity contribution in [2.45, 2.75) is 24.5 Å². The normalized spacial score (nSPS) is 14.1. The van der Waals surface area contributed by atoms with E-state index < -0.39 is 17.9 Å². The molecule has 24 heavy (non-hydrogen) atoms. The first-order chi connectivity index (χ1) is 11.6. The van der Waals surface area contributed by atoms with Gasteiger partial charge < -0.3 is 15.7 Å². The number of para-hydroxylation sites is 1. The number of fused-ring (bicyclic) bond motifs is 1. The molecule has 1 aliphatic rings. The molecule has 0 saturated heterocycles. The third-order valence-electron chi connectivity index (χ3n) is 3.55. The van der Waals surface area contributed by atoms with Gasteiger partial charge in [-0.05, 0) is 19.1 Å². The van der Waals surface area contributed by atoms with Crippen LogP contribution in [0, 0.1) is 0 Å². The van der Waals surface area contributed by atoms with Crippen LogP contribution < -0.4 is 10.6 Å². The van der Waals surface area contributed by atoms with Crippen LogP contribution in [0.1, 0.15) is 18.2 Å². The lowest BCUT2D eigenvalue weighted by Crippen LogP contribution is -2.39. The first kappa shape index (κ1) is 16.5. The molecule has 3 rings (SSSR count). The van der Waals surface area contributed by atoms with E-state index in [1.165, 1.54) is 6.92 Å². The van der Waals surface area contributed by atoms with Crippen LogP contribution in [0.4, 0.5) is 5.82 Å². The molecule has 126 valence electrons. The molecule has 0 spiro atoms. The maximum atomic E-state index is 12.2. The highest BCUT2D eigenvalue weighted by Gasteiger charge is 2.26. The van der Waals surface area contributed by atoms with Crippen molar-refractivity contribution in [1.82, 2.24) is 15.1 Å². The minimum Gasteiger partial charge on any atom is -0.392 e. The Hall–Kier alpha value is -2.32. The second kappa shape index (κ2) is 7.06. The molecule has 0 unspecified atom stereocenters. The number of rotatable bonds is 4. The number of nitrogens with zero attached hydrogens (tertiary/aromatic N) is 2. The lowest BCUT2D eigenvalue weighted by atomic mass is 10.2. The van der Waals surface area contributed by atoms with Gasteiger partial charge in [0.15, 0.2) is 0 Å². The van der Waals surface area contributed by atoms with Crippen molar-refractivity contribution in [2.75, 3.05) is 11.9 Å². The molecule has 1 aromatic heterocycles. The fourth-order valence-corrected chi connectivity index (χ4v) is 3.42. The smallest absolute Gasteiger partial charge is 0.314 e. The number of benzene rings is 1. The summed E-state index contributed by atoms with van der Waals surface area (Å²) in [6.07, 6.45) is -0.711. The number of aliphatic hydroxyl groups excluding tert-OH is 1. The van der Waals surface area contributed by atoms with Crippen LogP contribution in [0.5, 0.6) is 0 Å². The van der Waals surface area contributed by atoms with Gasteiger partial charge in [-0.15, -0.1) is 0 Å². The van der Waals surface area contributed by atoms with Crippen molar-refractivity contribution in [3.05, 3.63) is 41.6 Å². The largest absolute Gasteiger partial charge is 0.392 e. The fraction of sp³-hybridized carbons (Fsp3) is 0.312. The van der Waals surface area contributed by atoms with E-state index in [9.17, 15) is 14.7 Å². The minimum atomic E-state index is -0.781. The predicted molar refractivity (Wildman–Crippen MR) is 91.9 cm³/mol. The number of hydrogen-bond donors (Lipinski definition) is 3. The van der Waals surface area contributed by atoms with Gasteiger partial charge in [0.25, 0.3) is 0 Å². The minimum absolute atomic E-state index is 0.0260. The number of thioether (sulfide) groups is 1. The van der Waals surface area contributed by atoms with Gasteiger partial charge >= 0.3 is 11.8 Å². The van der Waals surface area contributed by atoms with Gasteiger partial charge in [0.1, 0.15) is 5.82 Å². The van der Waals surface area contributed by atoms with Gasteiger partial charge in [-0.3, -0.25) is 9.59 Å². The molecule has 3 N–H and O–H groups in total. The van der Waals surface area contributed by atoms with Crippen molar-refractivity contribution < 1.29 is 14.7 Å². The summed E-state index contributed by atoms with van der Waals surface area (Å²) in [4.78, 5) is 24.0. The molecule has 7 nitrogen and oxygen atoms in total. The number of nitrogens with one attached hydrogen (secondary N) is 2. The summed E-state index contributed by atoms with van der Waals surface area (Å²) < 4.78 is 1.66. The summed E-state index contributed by atoms with van der Waals surface area (Å²) in [5, 5.41) is 18.8. The molecule has 2 heterocycles. The maximum Gasteiger partial charge on any atom is 0.314 e. The monoisotopic (exact) mass is 346 g/mol. The van der Waals surface area contributed by atoms with Crippen LogP contribution in [0.25, 0.3) is 5.69 Å². The van der Waals surface area contributed by atoms with Gasteiger partial charge in [-0.2, -0.15) is 16.9 Å². The third kappa shape index (κ3) is 3.44. The molecular weight excluding hydrogens is 328 g/mol. The van der Waals surface area contributed by atoms with Gasteiger partial charge in [-0.25, -0.2) is 4.68 Å². The molecule has 0 bridgehead atoms. The predicted octanol–water partition coefficient (Wildman–Crippen LogP) is 1.05. The summed E-state index contributed by atoms with van der Waals surface area (Å²) >= 11 is 1.72. The van der Waals surface area contributed by atoms with E-state index in [0.717, 1.165) is 28.5 Å². The molecule has 2 amide bonds. The molecule has 0 radical (unpaired) electrons. The number of aliphatic hydroxyl groups is 1. The second-order valence-electron chi connectivity index (χ2n) is 5.53. The molecular formula is C16H18N4O3S. The summed E-state index contributed by atoms with van der Waals surface area (Å²) in [6.45, 7) is 1.56. The molecule has 1 atom stereocenters. The number of carbonyl (C=O) groups is 2. The van der Waals surface area contributed by atoms with Crippen LogP contribution in [0.2, 0.25) is 0 Å². The lowest BCUT2D eigenvalue weighted by molar-refractivity contribution is -0.136. The van der Waals surface area contributed by atoms with Gasteiger partial charge in [-0.1, -0.05) is 18.2 Å². The Kier molecular flexibility index (Phi) is 4.86. The molecule has 1 aliphatic heterocycles. The van der Waals surface area contributed by atoms with Crippen LogP contribution in [-0.4, -0.2) is 39.4 Å². The summed E-state index contributed by atoms with van der Waals surface area (Å²) in [6, 6.07) is 9.45. The third-order valence-corrected chi connectivity index (χ3v) is 4.52. The van der Waals surface area contributed by atoms with Gasteiger partial charge in [0.2, 0.25) is 0 Å². The Morgan fingerprint density at radius 2 is 2.04 bits per heavy atom. The number of amides is 2. The van der Waals surface area contributed by atoms with Crippen molar-refractivity contribution in [3.8, 4) is 5.69 Å². The number of aromatic nitrogens is 2. The van der Waals surface area contributed by atoms with E-state index >= 15 is 0 Å². The molecule has 2 aromatic rings. The van der Waals surface area contributed by atoms with Gasteiger partial charge in [0, 0.05) is 23.6 Å². The van der Waals surface area contributed by atoms with Crippen molar-refractivity contribution in [2.24, 2.45) is 0 Å². The van der Waals surface area contributed by atoms with E-state index in [1.807, 2.05) is 30.3 Å². The molecule has 0 fully saturated rings. The van der Waals surface area contributed by atoms with E-state index in [0.29, 0.717) is 5.82 Å². The molecule has 8 heteroatoms. The Balaban J connectivity index is 1.85. The average molecular weight is 346 g/mol. The zero-order valence-electron chi connectivity index (χ0n) is 13.2. The fourth-order valence-electron chi connectivity index (χ4n) is 2.38. The quantitative estimate of drug-likeness (QED) is 0.719. The average Bonchev–Trinajstić information content (AvgIpc) is 3.16. The first-order valence-electron chi connectivity index (χ1n) is 7.57. The van der Waals surface area contributed by atoms with E-state index in [1.54, 1.807) is 16.4 Å². The summed E-state index contributed by atoms with van der Waals surface area (Å²) in [5.74, 6) is 0.501. The highest BCUT2D eigenvalue weighted by molar-refractivity contribution is 7.98. The zero-order chi connectivity index (χ0) is 17.1. The first-order valence-corrected chi connectivity index (χ1v) is 8.73. The van der Waals surface area contributed by atoms with Crippen molar-refractivity contribution >= 4 is 29.4 Å². The molecule has 0 aliphatic carbocycles. The number of hydrogen-bond acceptors (Lipinski definition) is 5. The zero-order valence-corrected chi connectivity index (χ0v) is 14.0. The maximum absolute atomic E-state index is 12.2. The Morgan fingerprint density at radius 3 is 2.75 bits per heavy atom. The van der Waals surface area contributed by atoms with Crippen LogP contribution in [0.15, 0.2) is 30.3 Å². The van der Waals surface area contributed by atoms with Crippen molar-refractivity contribution in [3.63, 3.8) is 0 Å². The van der Waals surface area contributed by atoms with Gasteiger partial charge in [0.05, 0.1) is 17.5 Å². The van der Waals surface area contributed by atoms with Crippen LogP contribution in [0.3, 0.4) is 0 Å². The highest BCUT2D eigenvalue weighted by atomic mass is 32.2. The highest BCUT2D eigenvalue weighted by Crippen LogP contribution is 2.35. The Bertz CT molecular complexity index is 758. The van der Waals surface area contributed by atoms with E-state index in [4.69, 9.17) is 0 Å². The lowest BCUT2D eigenvalue weighted by Gasteiger charge is -2.11. The molecule has 0 saturated carbocycles. The summed E-state index contributed by atoms with van der Waals surface area (Å²) in [7, 11) is 0. The van der Waals surface area contributed by atoms with Crippen molar-refractivity contribution in [1.29, 1.82) is 0 Å². The Morgan fingerprint density at radius 1 is 1.29 bits per heavy atom.